The van der Waals surface area contributed by atoms with Crippen LogP contribution in [0.2, 0.25) is 0 Å². The zero-order valence-corrected chi connectivity index (χ0v) is 18.2. The minimum atomic E-state index is -0.475. The van der Waals surface area contributed by atoms with E-state index < -0.39 is 6.03 Å². The fraction of sp³-hybridized carbons (Fsp3) is 0.318. The van der Waals surface area contributed by atoms with Crippen molar-refractivity contribution in [3.63, 3.8) is 0 Å². The van der Waals surface area contributed by atoms with Crippen molar-refractivity contribution < 1.29 is 14.3 Å². The summed E-state index contributed by atoms with van der Waals surface area (Å²) in [6, 6.07) is 12.4. The number of methoxy groups -OCH3 is 2. The Morgan fingerprint density at radius 2 is 1.80 bits per heavy atom. The number of hydrogen-bond donors (Lipinski definition) is 3. The zero-order valence-electron chi connectivity index (χ0n) is 18.2. The second-order valence-corrected chi connectivity index (χ2v) is 7.62. The van der Waals surface area contributed by atoms with E-state index in [2.05, 4.69) is 41.5 Å². The first-order valence-corrected chi connectivity index (χ1v) is 9.42. The summed E-state index contributed by atoms with van der Waals surface area (Å²) in [5, 5.41) is 9.09. The molecular weight excluding hydrogens is 382 g/mol. The lowest BCUT2D eigenvalue weighted by Gasteiger charge is -2.20. The number of nitrogens with one attached hydrogen (secondary N) is 2. The lowest BCUT2D eigenvalue weighted by molar-refractivity contribution is 0.256. The number of aliphatic imine (C=N–C) groups is 1. The summed E-state index contributed by atoms with van der Waals surface area (Å²) in [7, 11) is 3.11. The van der Waals surface area contributed by atoms with Crippen LogP contribution in [0.15, 0.2) is 52.6 Å². The predicted molar refractivity (Wildman–Crippen MR) is 121 cm³/mol. The smallest absolute Gasteiger partial charge is 0.324 e. The fourth-order valence-electron chi connectivity index (χ4n) is 2.67. The number of amides is 2. The summed E-state index contributed by atoms with van der Waals surface area (Å²) >= 11 is 0. The highest BCUT2D eigenvalue weighted by Gasteiger charge is 2.15. The van der Waals surface area contributed by atoms with E-state index in [1.54, 1.807) is 39.3 Å². The highest BCUT2D eigenvalue weighted by atomic mass is 16.5. The van der Waals surface area contributed by atoms with Crippen molar-refractivity contribution >= 4 is 29.0 Å². The number of urea groups is 1. The molecule has 0 radical (unpaired) electrons. The van der Waals surface area contributed by atoms with Crippen molar-refractivity contribution in [3.8, 4) is 11.5 Å². The molecule has 2 aromatic rings. The van der Waals surface area contributed by atoms with Gasteiger partial charge in [-0.15, -0.1) is 0 Å². The van der Waals surface area contributed by atoms with E-state index >= 15 is 0 Å². The van der Waals surface area contributed by atoms with E-state index in [-0.39, 0.29) is 11.3 Å². The van der Waals surface area contributed by atoms with Crippen LogP contribution in [-0.4, -0.2) is 31.8 Å². The van der Waals surface area contributed by atoms with Crippen LogP contribution in [0.5, 0.6) is 11.5 Å². The summed E-state index contributed by atoms with van der Waals surface area (Å²) in [6.45, 7) is 8.01. The molecule has 0 fully saturated rings. The standard InChI is InChI=1S/C22H29N5O3/c1-14(24-18-13-17(29-5)10-11-19(18)30-6)20(27-23)26-21(28)25-16-9-7-8-15(12-16)22(2,3)4/h7-13H,23H2,1-6H3,(H2,25,26,27,28). The van der Waals surface area contributed by atoms with E-state index in [4.69, 9.17) is 15.3 Å². The molecule has 4 N–H and O–H groups in total. The molecule has 0 aromatic heterocycles. The monoisotopic (exact) mass is 411 g/mol. The quantitative estimate of drug-likeness (QED) is 0.296. The Labute approximate surface area is 177 Å². The van der Waals surface area contributed by atoms with Crippen molar-refractivity contribution in [3.05, 3.63) is 48.0 Å². The summed E-state index contributed by atoms with van der Waals surface area (Å²) in [5.41, 5.74) is 2.67. The molecule has 0 saturated heterocycles. The summed E-state index contributed by atoms with van der Waals surface area (Å²) in [5.74, 6) is 6.79. The maximum atomic E-state index is 12.5. The minimum Gasteiger partial charge on any atom is -0.497 e. The zero-order chi connectivity index (χ0) is 22.3. The van der Waals surface area contributed by atoms with Crippen LogP contribution in [0.3, 0.4) is 0 Å². The van der Waals surface area contributed by atoms with Crippen LogP contribution in [-0.2, 0) is 5.41 Å². The lowest BCUT2D eigenvalue weighted by atomic mass is 9.87. The van der Waals surface area contributed by atoms with Crippen LogP contribution in [0.4, 0.5) is 16.2 Å². The number of amidine groups is 1. The van der Waals surface area contributed by atoms with Crippen molar-refractivity contribution in [1.82, 2.24) is 5.32 Å². The molecule has 0 aliphatic carbocycles. The van der Waals surface area contributed by atoms with Crippen molar-refractivity contribution in [2.45, 2.75) is 33.1 Å². The second kappa shape index (κ2) is 9.78. The molecular formula is C22H29N5O3. The van der Waals surface area contributed by atoms with E-state index in [1.807, 2.05) is 24.3 Å². The summed E-state index contributed by atoms with van der Waals surface area (Å²) < 4.78 is 10.6. The number of nitrogens with zero attached hydrogens (tertiary/aromatic N) is 2. The highest BCUT2D eigenvalue weighted by Crippen LogP contribution is 2.31. The van der Waals surface area contributed by atoms with E-state index in [0.29, 0.717) is 28.6 Å². The highest BCUT2D eigenvalue weighted by molar-refractivity contribution is 6.43. The van der Waals surface area contributed by atoms with Gasteiger partial charge < -0.3 is 20.6 Å². The molecule has 0 aliphatic rings. The number of ether oxygens (including phenoxy) is 2. The lowest BCUT2D eigenvalue weighted by Crippen LogP contribution is -2.39. The number of carbonyl (C=O) groups excluding carboxylic acids is 1. The van der Waals surface area contributed by atoms with Gasteiger partial charge in [0, 0.05) is 11.8 Å². The number of anilines is 1. The van der Waals surface area contributed by atoms with Crippen LogP contribution in [0, 0.1) is 0 Å². The topological polar surface area (TPSA) is 110 Å². The number of rotatable bonds is 5. The molecule has 160 valence electrons. The Kier molecular flexibility index (Phi) is 7.41. The van der Waals surface area contributed by atoms with Gasteiger partial charge in [-0.2, -0.15) is 5.10 Å². The predicted octanol–water partition coefficient (Wildman–Crippen LogP) is 4.19. The average molecular weight is 412 g/mol. The molecule has 0 atom stereocenters. The first-order chi connectivity index (χ1) is 14.2. The Bertz CT molecular complexity index is 961. The molecule has 2 rings (SSSR count). The molecule has 8 heteroatoms. The van der Waals surface area contributed by atoms with Gasteiger partial charge in [-0.05, 0) is 42.2 Å². The van der Waals surface area contributed by atoms with Crippen LogP contribution in [0.25, 0.3) is 0 Å². The van der Waals surface area contributed by atoms with Gasteiger partial charge in [0.15, 0.2) is 5.84 Å². The van der Waals surface area contributed by atoms with Gasteiger partial charge in [-0.25, -0.2) is 9.79 Å². The first-order valence-electron chi connectivity index (χ1n) is 9.42. The second-order valence-electron chi connectivity index (χ2n) is 7.62. The maximum Gasteiger partial charge on any atom is 0.324 e. The van der Waals surface area contributed by atoms with Gasteiger partial charge in [0.2, 0.25) is 0 Å². The maximum absolute atomic E-state index is 12.5. The first kappa shape index (κ1) is 22.7. The van der Waals surface area contributed by atoms with Gasteiger partial charge in [-0.3, -0.25) is 5.32 Å². The van der Waals surface area contributed by atoms with E-state index in [1.165, 1.54) is 0 Å². The van der Waals surface area contributed by atoms with Crippen LogP contribution in [0.1, 0.15) is 33.3 Å². The van der Waals surface area contributed by atoms with Gasteiger partial charge in [0.25, 0.3) is 0 Å². The molecule has 0 aliphatic heterocycles. The van der Waals surface area contributed by atoms with Crippen molar-refractivity contribution in [2.24, 2.45) is 15.9 Å². The summed E-state index contributed by atoms with van der Waals surface area (Å²) in [6.07, 6.45) is 0. The molecule has 2 amide bonds. The van der Waals surface area contributed by atoms with Gasteiger partial charge in [-0.1, -0.05) is 32.9 Å². The third-order valence-corrected chi connectivity index (χ3v) is 4.36. The fourth-order valence-corrected chi connectivity index (χ4v) is 2.67. The summed E-state index contributed by atoms with van der Waals surface area (Å²) in [4.78, 5) is 16.9. The van der Waals surface area contributed by atoms with Crippen LogP contribution >= 0.6 is 0 Å². The Balaban J connectivity index is 2.17. The number of benzene rings is 2. The minimum absolute atomic E-state index is 0.0307. The molecule has 0 unspecified atom stereocenters. The van der Waals surface area contributed by atoms with Crippen LogP contribution < -0.4 is 25.9 Å². The van der Waals surface area contributed by atoms with E-state index in [0.717, 1.165) is 5.56 Å². The third kappa shape index (κ3) is 5.97. The van der Waals surface area contributed by atoms with E-state index in [9.17, 15) is 4.79 Å². The molecule has 0 saturated carbocycles. The number of nitrogens with two attached hydrogens (primary N) is 1. The number of hydrazone groups is 1. The normalized spacial score (nSPS) is 12.3. The average Bonchev–Trinajstić information content (AvgIpc) is 2.71. The largest absolute Gasteiger partial charge is 0.497 e. The Morgan fingerprint density at radius 3 is 2.40 bits per heavy atom. The molecule has 8 nitrogen and oxygen atoms in total. The van der Waals surface area contributed by atoms with Gasteiger partial charge in [0.1, 0.15) is 17.2 Å². The molecule has 0 bridgehead atoms. The number of hydrogen-bond acceptors (Lipinski definition) is 6. The van der Waals surface area contributed by atoms with Crippen molar-refractivity contribution in [2.75, 3.05) is 19.5 Å². The molecule has 0 heterocycles. The van der Waals surface area contributed by atoms with Gasteiger partial charge in [0.05, 0.1) is 19.9 Å². The molecule has 2 aromatic carbocycles. The molecule has 30 heavy (non-hydrogen) atoms. The van der Waals surface area contributed by atoms with Gasteiger partial charge >= 0.3 is 6.03 Å². The SMILES string of the molecule is COc1ccc(OC)c(N=C(C)/C(=N\N)NC(=O)Nc2cccc(C(C)(C)C)c2)c1. The third-order valence-electron chi connectivity index (χ3n) is 4.36. The van der Waals surface area contributed by atoms with Crippen molar-refractivity contribution in [1.29, 1.82) is 0 Å². The molecule has 0 spiro atoms. The Morgan fingerprint density at radius 1 is 1.07 bits per heavy atom. The Hall–Kier alpha value is -3.55. The number of carbonyl (C=O) groups is 1.